The number of piperidine rings is 1. The molecule has 25 heavy (non-hydrogen) atoms. The Kier molecular flexibility index (Phi) is 5.13. The number of nitrogens with one attached hydrogen (secondary N) is 1. The van der Waals surface area contributed by atoms with E-state index in [2.05, 4.69) is 5.32 Å². The summed E-state index contributed by atoms with van der Waals surface area (Å²) in [6, 6.07) is 7.37. The first-order chi connectivity index (χ1) is 12.0. The van der Waals surface area contributed by atoms with Gasteiger partial charge in [0.05, 0.1) is 0 Å². The number of benzene rings is 1. The standard InChI is InChI=1S/C18H26N4O3/c1-14-2-4-15(5-3-14)25-18(6-8-20-9-7-18)16(23)21-10-12-22(13-11-21)17(19)24/h2-5,20H,6-13H2,1H3,(H2,19,24). The van der Waals surface area contributed by atoms with Crippen molar-refractivity contribution in [2.75, 3.05) is 39.3 Å². The number of carbonyl (C=O) groups is 2. The van der Waals surface area contributed by atoms with Crippen LogP contribution in [0.4, 0.5) is 4.79 Å². The van der Waals surface area contributed by atoms with Gasteiger partial charge in [0, 0.05) is 39.0 Å². The third-order valence-electron chi connectivity index (χ3n) is 5.01. The van der Waals surface area contributed by atoms with Gasteiger partial charge in [-0.25, -0.2) is 4.79 Å². The van der Waals surface area contributed by atoms with Crippen LogP contribution in [0, 0.1) is 6.92 Å². The van der Waals surface area contributed by atoms with Crippen molar-refractivity contribution in [3.8, 4) is 5.75 Å². The fourth-order valence-corrected chi connectivity index (χ4v) is 3.44. The van der Waals surface area contributed by atoms with E-state index in [4.69, 9.17) is 10.5 Å². The highest BCUT2D eigenvalue weighted by Gasteiger charge is 2.45. The summed E-state index contributed by atoms with van der Waals surface area (Å²) in [5, 5.41) is 3.29. The summed E-state index contributed by atoms with van der Waals surface area (Å²) in [7, 11) is 0. The van der Waals surface area contributed by atoms with Crippen LogP contribution >= 0.6 is 0 Å². The zero-order valence-electron chi connectivity index (χ0n) is 14.7. The van der Waals surface area contributed by atoms with Crippen molar-refractivity contribution in [2.24, 2.45) is 5.73 Å². The van der Waals surface area contributed by atoms with E-state index < -0.39 is 11.6 Å². The molecule has 1 aromatic carbocycles. The maximum atomic E-state index is 13.3. The molecule has 2 aliphatic heterocycles. The molecule has 0 saturated carbocycles. The van der Waals surface area contributed by atoms with Crippen LogP contribution in [0.5, 0.6) is 5.75 Å². The van der Waals surface area contributed by atoms with Gasteiger partial charge in [0.15, 0.2) is 5.60 Å². The second-order valence-electron chi connectivity index (χ2n) is 6.78. The third-order valence-corrected chi connectivity index (χ3v) is 5.01. The van der Waals surface area contributed by atoms with Gasteiger partial charge in [-0.05, 0) is 32.1 Å². The van der Waals surface area contributed by atoms with Gasteiger partial charge in [-0.3, -0.25) is 4.79 Å². The second-order valence-corrected chi connectivity index (χ2v) is 6.78. The van der Waals surface area contributed by atoms with Crippen molar-refractivity contribution >= 4 is 11.9 Å². The molecule has 0 bridgehead atoms. The summed E-state index contributed by atoms with van der Waals surface area (Å²) >= 11 is 0. The van der Waals surface area contributed by atoms with E-state index in [1.54, 1.807) is 9.80 Å². The first-order valence-electron chi connectivity index (χ1n) is 8.80. The molecule has 0 unspecified atom stereocenters. The summed E-state index contributed by atoms with van der Waals surface area (Å²) in [4.78, 5) is 27.9. The van der Waals surface area contributed by atoms with Crippen molar-refractivity contribution in [3.63, 3.8) is 0 Å². The number of aryl methyl sites for hydroxylation is 1. The molecule has 2 aliphatic rings. The SMILES string of the molecule is Cc1ccc(OC2(C(=O)N3CCN(C(N)=O)CC3)CCNCC2)cc1. The van der Waals surface area contributed by atoms with Crippen LogP contribution in [0.25, 0.3) is 0 Å². The highest BCUT2D eigenvalue weighted by Crippen LogP contribution is 2.29. The Morgan fingerprint density at radius 2 is 1.60 bits per heavy atom. The number of nitrogens with two attached hydrogens (primary N) is 1. The molecule has 0 atom stereocenters. The van der Waals surface area contributed by atoms with Crippen LogP contribution in [0.15, 0.2) is 24.3 Å². The Bertz CT molecular complexity index is 618. The van der Waals surface area contributed by atoms with Crippen molar-refractivity contribution in [2.45, 2.75) is 25.4 Å². The van der Waals surface area contributed by atoms with Crippen LogP contribution in [-0.4, -0.2) is 66.6 Å². The highest BCUT2D eigenvalue weighted by atomic mass is 16.5. The van der Waals surface area contributed by atoms with Gasteiger partial charge in [-0.15, -0.1) is 0 Å². The van der Waals surface area contributed by atoms with Crippen molar-refractivity contribution in [1.29, 1.82) is 0 Å². The van der Waals surface area contributed by atoms with Gasteiger partial charge in [-0.2, -0.15) is 0 Å². The number of primary amides is 1. The zero-order chi connectivity index (χ0) is 17.9. The van der Waals surface area contributed by atoms with Crippen LogP contribution in [-0.2, 0) is 4.79 Å². The minimum atomic E-state index is -0.838. The molecule has 3 rings (SSSR count). The van der Waals surface area contributed by atoms with E-state index in [1.165, 1.54) is 0 Å². The zero-order valence-corrected chi connectivity index (χ0v) is 14.7. The van der Waals surface area contributed by atoms with Gasteiger partial charge in [-0.1, -0.05) is 17.7 Å². The van der Waals surface area contributed by atoms with E-state index in [9.17, 15) is 9.59 Å². The minimum absolute atomic E-state index is 0.0127. The molecule has 7 heteroatoms. The van der Waals surface area contributed by atoms with Crippen molar-refractivity contribution < 1.29 is 14.3 Å². The summed E-state index contributed by atoms with van der Waals surface area (Å²) in [5.74, 6) is 0.732. The lowest BCUT2D eigenvalue weighted by Gasteiger charge is -2.42. The average Bonchev–Trinajstić information content (AvgIpc) is 2.64. The molecule has 1 aromatic rings. The largest absolute Gasteiger partial charge is 0.477 e. The Morgan fingerprint density at radius 1 is 1.04 bits per heavy atom. The van der Waals surface area contributed by atoms with Crippen molar-refractivity contribution in [3.05, 3.63) is 29.8 Å². The Morgan fingerprint density at radius 3 is 2.16 bits per heavy atom. The van der Waals surface area contributed by atoms with Crippen LogP contribution in [0.1, 0.15) is 18.4 Å². The number of rotatable bonds is 3. The monoisotopic (exact) mass is 346 g/mol. The Hall–Kier alpha value is -2.28. The van der Waals surface area contributed by atoms with E-state index in [1.807, 2.05) is 31.2 Å². The molecule has 2 heterocycles. The molecular formula is C18H26N4O3. The molecule has 2 fully saturated rings. The van der Waals surface area contributed by atoms with Crippen LogP contribution < -0.4 is 15.8 Å². The first-order valence-corrected chi connectivity index (χ1v) is 8.80. The lowest BCUT2D eigenvalue weighted by atomic mass is 9.90. The topological polar surface area (TPSA) is 87.9 Å². The van der Waals surface area contributed by atoms with Gasteiger partial charge in [0.25, 0.3) is 5.91 Å². The summed E-state index contributed by atoms with van der Waals surface area (Å²) in [6.45, 7) is 5.45. The molecule has 136 valence electrons. The normalized spacial score (nSPS) is 20.2. The van der Waals surface area contributed by atoms with Gasteiger partial charge in [0.1, 0.15) is 5.75 Å². The van der Waals surface area contributed by atoms with E-state index in [0.29, 0.717) is 39.0 Å². The molecule has 0 radical (unpaired) electrons. The summed E-state index contributed by atoms with van der Waals surface area (Å²) < 4.78 is 6.25. The maximum absolute atomic E-state index is 13.3. The van der Waals surface area contributed by atoms with Crippen LogP contribution in [0.2, 0.25) is 0 Å². The third kappa shape index (κ3) is 3.87. The molecule has 0 aliphatic carbocycles. The predicted octanol–water partition coefficient (Wildman–Crippen LogP) is 0.719. The number of urea groups is 1. The van der Waals surface area contributed by atoms with Gasteiger partial charge < -0.3 is 25.6 Å². The van der Waals surface area contributed by atoms with E-state index >= 15 is 0 Å². The molecule has 3 N–H and O–H groups in total. The fourth-order valence-electron chi connectivity index (χ4n) is 3.44. The summed E-state index contributed by atoms with van der Waals surface area (Å²) in [6.07, 6.45) is 1.27. The molecular weight excluding hydrogens is 320 g/mol. The number of carbonyl (C=O) groups excluding carboxylic acids is 2. The quantitative estimate of drug-likeness (QED) is 0.844. The van der Waals surface area contributed by atoms with Crippen molar-refractivity contribution in [1.82, 2.24) is 15.1 Å². The number of hydrogen-bond acceptors (Lipinski definition) is 4. The van der Waals surface area contributed by atoms with Gasteiger partial charge >= 0.3 is 6.03 Å². The lowest BCUT2D eigenvalue weighted by molar-refractivity contribution is -0.152. The van der Waals surface area contributed by atoms with E-state index in [-0.39, 0.29) is 5.91 Å². The molecule has 3 amide bonds. The Balaban J connectivity index is 1.74. The number of ether oxygens (including phenoxy) is 1. The first kappa shape index (κ1) is 17.5. The highest BCUT2D eigenvalue weighted by molar-refractivity contribution is 5.86. The fraction of sp³-hybridized carbons (Fsp3) is 0.556. The Labute approximate surface area is 148 Å². The number of nitrogens with zero attached hydrogens (tertiary/aromatic N) is 2. The minimum Gasteiger partial charge on any atom is -0.477 e. The van der Waals surface area contributed by atoms with Crippen LogP contribution in [0.3, 0.4) is 0 Å². The second kappa shape index (κ2) is 7.31. The van der Waals surface area contributed by atoms with E-state index in [0.717, 1.165) is 24.4 Å². The van der Waals surface area contributed by atoms with Gasteiger partial charge in [0.2, 0.25) is 0 Å². The number of piperazine rings is 1. The molecule has 2 saturated heterocycles. The number of hydrogen-bond donors (Lipinski definition) is 2. The average molecular weight is 346 g/mol. The summed E-state index contributed by atoms with van der Waals surface area (Å²) in [5.41, 5.74) is 5.64. The predicted molar refractivity (Wildman–Crippen MR) is 94.4 cm³/mol. The molecule has 0 aromatic heterocycles. The lowest BCUT2D eigenvalue weighted by Crippen LogP contribution is -2.61. The molecule has 7 nitrogen and oxygen atoms in total. The molecule has 0 spiro atoms. The smallest absolute Gasteiger partial charge is 0.314 e. The maximum Gasteiger partial charge on any atom is 0.314 e. The number of amides is 3.